The molecule has 1 saturated heterocycles. The number of alkyl halides is 2. The van der Waals surface area contributed by atoms with Crippen molar-refractivity contribution in [1.29, 1.82) is 0 Å². The van der Waals surface area contributed by atoms with Gasteiger partial charge in [-0.05, 0) is 38.8 Å². The standard InChI is InChI=1S/C12H19Cl2N/c13-12(14)10-6-2-3-7-11(10,12)15-8-4-1-5-9-15/h10H,1-9H2/t10-,11+/m0/s1. The van der Waals surface area contributed by atoms with Crippen LogP contribution >= 0.6 is 23.2 Å². The van der Waals surface area contributed by atoms with Crippen LogP contribution in [0.1, 0.15) is 44.9 Å². The van der Waals surface area contributed by atoms with Crippen molar-refractivity contribution in [2.24, 2.45) is 5.92 Å². The molecule has 3 fully saturated rings. The number of rotatable bonds is 1. The summed E-state index contributed by atoms with van der Waals surface area (Å²) in [6.07, 6.45) is 9.15. The molecular weight excluding hydrogens is 229 g/mol. The van der Waals surface area contributed by atoms with E-state index in [1.165, 1.54) is 58.0 Å². The zero-order chi connectivity index (χ0) is 10.5. The molecular formula is C12H19Cl2N. The Morgan fingerprint density at radius 2 is 1.67 bits per heavy atom. The molecule has 0 aromatic heterocycles. The average molecular weight is 248 g/mol. The SMILES string of the molecule is ClC1(Cl)[C@H]2CCCC[C@@]21N1CCCCC1. The Kier molecular flexibility index (Phi) is 2.50. The van der Waals surface area contributed by atoms with Crippen LogP contribution in [0.25, 0.3) is 0 Å². The van der Waals surface area contributed by atoms with E-state index in [-0.39, 0.29) is 5.54 Å². The summed E-state index contributed by atoms with van der Waals surface area (Å²) in [6, 6.07) is 0. The minimum Gasteiger partial charge on any atom is -0.294 e. The first-order valence-electron chi connectivity index (χ1n) is 6.32. The highest BCUT2D eigenvalue weighted by molar-refractivity contribution is 6.52. The van der Waals surface area contributed by atoms with Crippen molar-refractivity contribution in [2.45, 2.75) is 54.8 Å². The quantitative estimate of drug-likeness (QED) is 0.641. The third-order valence-corrected chi connectivity index (χ3v) is 5.91. The largest absolute Gasteiger partial charge is 0.294 e. The van der Waals surface area contributed by atoms with Crippen molar-refractivity contribution in [3.63, 3.8) is 0 Å². The lowest BCUT2D eigenvalue weighted by atomic mass is 9.92. The lowest BCUT2D eigenvalue weighted by molar-refractivity contribution is 0.109. The summed E-state index contributed by atoms with van der Waals surface area (Å²) in [5, 5.41) is 0. The molecule has 0 aromatic carbocycles. The van der Waals surface area contributed by atoms with Crippen molar-refractivity contribution >= 4 is 23.2 Å². The molecule has 2 saturated carbocycles. The maximum absolute atomic E-state index is 6.53. The van der Waals surface area contributed by atoms with E-state index >= 15 is 0 Å². The molecule has 3 rings (SSSR count). The second kappa shape index (κ2) is 3.51. The van der Waals surface area contributed by atoms with Crippen molar-refractivity contribution < 1.29 is 0 Å². The van der Waals surface area contributed by atoms with Crippen LogP contribution in [-0.2, 0) is 0 Å². The highest BCUT2D eigenvalue weighted by Crippen LogP contribution is 2.71. The van der Waals surface area contributed by atoms with Gasteiger partial charge in [-0.1, -0.05) is 42.5 Å². The molecule has 1 nitrogen and oxygen atoms in total. The third-order valence-electron chi connectivity index (χ3n) is 4.73. The Labute approximate surface area is 102 Å². The summed E-state index contributed by atoms with van der Waals surface area (Å²) < 4.78 is -0.430. The minimum atomic E-state index is -0.430. The topological polar surface area (TPSA) is 3.24 Å². The van der Waals surface area contributed by atoms with E-state index < -0.39 is 4.33 Å². The molecule has 0 bridgehead atoms. The molecule has 2 aliphatic carbocycles. The molecule has 0 radical (unpaired) electrons. The normalized spacial score (nSPS) is 44.8. The van der Waals surface area contributed by atoms with Gasteiger partial charge in [0.15, 0.2) is 0 Å². The predicted molar refractivity (Wildman–Crippen MR) is 64.6 cm³/mol. The van der Waals surface area contributed by atoms with Gasteiger partial charge in [-0.3, -0.25) is 4.90 Å². The van der Waals surface area contributed by atoms with Crippen LogP contribution in [0.3, 0.4) is 0 Å². The molecule has 0 unspecified atom stereocenters. The molecule has 86 valence electrons. The molecule has 15 heavy (non-hydrogen) atoms. The Balaban J connectivity index is 1.82. The summed E-state index contributed by atoms with van der Waals surface area (Å²) in [5.41, 5.74) is 0.175. The monoisotopic (exact) mass is 247 g/mol. The van der Waals surface area contributed by atoms with Gasteiger partial charge in [0.25, 0.3) is 0 Å². The lowest BCUT2D eigenvalue weighted by Crippen LogP contribution is -2.45. The summed E-state index contributed by atoms with van der Waals surface area (Å²) >= 11 is 13.1. The fraction of sp³-hybridized carbons (Fsp3) is 1.00. The van der Waals surface area contributed by atoms with Gasteiger partial charge in [-0.25, -0.2) is 0 Å². The molecule has 1 aliphatic heterocycles. The van der Waals surface area contributed by atoms with Gasteiger partial charge >= 0.3 is 0 Å². The Morgan fingerprint density at radius 1 is 0.933 bits per heavy atom. The van der Waals surface area contributed by atoms with Crippen LogP contribution in [-0.4, -0.2) is 27.9 Å². The zero-order valence-corrected chi connectivity index (χ0v) is 10.7. The fourth-order valence-corrected chi connectivity index (χ4v) is 5.07. The molecule has 0 aromatic rings. The Hall–Kier alpha value is 0.540. The minimum absolute atomic E-state index is 0.175. The van der Waals surface area contributed by atoms with Gasteiger partial charge < -0.3 is 0 Å². The van der Waals surface area contributed by atoms with Crippen molar-refractivity contribution in [3.8, 4) is 0 Å². The van der Waals surface area contributed by atoms with Crippen LogP contribution in [0.2, 0.25) is 0 Å². The first-order chi connectivity index (χ1) is 7.19. The number of hydrogen-bond donors (Lipinski definition) is 0. The average Bonchev–Trinajstić information content (AvgIpc) is 2.80. The van der Waals surface area contributed by atoms with Gasteiger partial charge in [0.1, 0.15) is 4.33 Å². The van der Waals surface area contributed by atoms with Crippen LogP contribution in [0.15, 0.2) is 0 Å². The number of hydrogen-bond acceptors (Lipinski definition) is 1. The maximum atomic E-state index is 6.53. The number of piperidine rings is 1. The van der Waals surface area contributed by atoms with Crippen molar-refractivity contribution in [3.05, 3.63) is 0 Å². The van der Waals surface area contributed by atoms with Crippen LogP contribution in [0.5, 0.6) is 0 Å². The highest BCUT2D eigenvalue weighted by atomic mass is 35.5. The number of halogens is 2. The van der Waals surface area contributed by atoms with Crippen LogP contribution in [0.4, 0.5) is 0 Å². The van der Waals surface area contributed by atoms with Crippen molar-refractivity contribution in [2.75, 3.05) is 13.1 Å². The van der Waals surface area contributed by atoms with E-state index in [0.29, 0.717) is 5.92 Å². The number of likely N-dealkylation sites (tertiary alicyclic amines) is 1. The molecule has 2 atom stereocenters. The van der Waals surface area contributed by atoms with Gasteiger partial charge in [0.05, 0.1) is 5.54 Å². The van der Waals surface area contributed by atoms with Crippen molar-refractivity contribution in [1.82, 2.24) is 4.90 Å². The van der Waals surface area contributed by atoms with Gasteiger partial charge in [-0.15, -0.1) is 0 Å². The highest BCUT2D eigenvalue weighted by Gasteiger charge is 2.77. The van der Waals surface area contributed by atoms with Gasteiger partial charge in [0, 0.05) is 5.92 Å². The predicted octanol–water partition coefficient (Wildman–Crippen LogP) is 3.59. The van der Waals surface area contributed by atoms with Gasteiger partial charge in [-0.2, -0.15) is 0 Å². The molecule has 3 aliphatic rings. The molecule has 3 heteroatoms. The first-order valence-corrected chi connectivity index (χ1v) is 7.08. The molecule has 1 heterocycles. The molecule has 0 spiro atoms. The van der Waals surface area contributed by atoms with E-state index in [9.17, 15) is 0 Å². The first kappa shape index (κ1) is 10.7. The van der Waals surface area contributed by atoms with Crippen LogP contribution < -0.4 is 0 Å². The van der Waals surface area contributed by atoms with E-state index in [0.717, 1.165) is 0 Å². The van der Waals surface area contributed by atoms with E-state index in [4.69, 9.17) is 23.2 Å². The number of fused-ring (bicyclic) bond motifs is 1. The zero-order valence-electron chi connectivity index (χ0n) is 9.14. The van der Waals surface area contributed by atoms with E-state index in [1.54, 1.807) is 0 Å². The second-order valence-corrected chi connectivity index (χ2v) is 6.78. The van der Waals surface area contributed by atoms with E-state index in [2.05, 4.69) is 4.90 Å². The van der Waals surface area contributed by atoms with E-state index in [1.807, 2.05) is 0 Å². The molecule has 0 N–H and O–H groups in total. The third kappa shape index (κ3) is 1.33. The maximum Gasteiger partial charge on any atom is 0.141 e. The summed E-state index contributed by atoms with van der Waals surface area (Å²) in [6.45, 7) is 2.44. The van der Waals surface area contributed by atoms with Crippen LogP contribution in [0, 0.1) is 5.92 Å². The second-order valence-electron chi connectivity index (χ2n) is 5.39. The molecule has 0 amide bonds. The van der Waals surface area contributed by atoms with Gasteiger partial charge in [0.2, 0.25) is 0 Å². The lowest BCUT2D eigenvalue weighted by Gasteiger charge is -2.38. The number of nitrogens with zero attached hydrogens (tertiary/aromatic N) is 1. The summed E-state index contributed by atoms with van der Waals surface area (Å²) in [7, 11) is 0. The summed E-state index contributed by atoms with van der Waals surface area (Å²) in [5.74, 6) is 0.556. The fourth-order valence-electron chi connectivity index (χ4n) is 3.90. The Morgan fingerprint density at radius 3 is 2.33 bits per heavy atom. The summed E-state index contributed by atoms with van der Waals surface area (Å²) in [4.78, 5) is 2.61. The smallest absolute Gasteiger partial charge is 0.141 e. The Bertz CT molecular complexity index is 260.